The molecule has 0 bridgehead atoms. The molecule has 1 aromatic carbocycles. The van der Waals surface area contributed by atoms with E-state index < -0.39 is 0 Å². The third-order valence-electron chi connectivity index (χ3n) is 4.07. The normalized spacial score (nSPS) is 19.0. The summed E-state index contributed by atoms with van der Waals surface area (Å²) in [5.41, 5.74) is 2.98. The minimum atomic E-state index is 0.220. The number of nitrogens with one attached hydrogen (secondary N) is 1. The first-order valence-electron chi connectivity index (χ1n) is 7.58. The molecule has 1 aliphatic heterocycles. The Morgan fingerprint density at radius 3 is 2.25 bits per heavy atom. The largest absolute Gasteiger partial charge is 0.379 e. The van der Waals surface area contributed by atoms with Crippen LogP contribution in [0.25, 0.3) is 0 Å². The molecule has 20 heavy (non-hydrogen) atoms. The maximum Gasteiger partial charge on any atom is 0.0594 e. The first kappa shape index (κ1) is 15.5. The van der Waals surface area contributed by atoms with Crippen LogP contribution >= 0.6 is 0 Å². The topological polar surface area (TPSA) is 24.5 Å². The fourth-order valence-corrected chi connectivity index (χ4v) is 2.62. The Labute approximate surface area is 123 Å². The smallest absolute Gasteiger partial charge is 0.0594 e. The van der Waals surface area contributed by atoms with Gasteiger partial charge in [-0.05, 0) is 23.6 Å². The van der Waals surface area contributed by atoms with E-state index in [1.54, 1.807) is 0 Å². The Bertz CT molecular complexity index is 402. The molecule has 0 aromatic heterocycles. The Hall–Kier alpha value is -0.900. The maximum absolute atomic E-state index is 5.41. The zero-order valence-electron chi connectivity index (χ0n) is 13.3. The Morgan fingerprint density at radius 1 is 1.15 bits per heavy atom. The zero-order chi connectivity index (χ0) is 14.6. The highest BCUT2D eigenvalue weighted by molar-refractivity contribution is 5.29. The molecule has 0 spiro atoms. The van der Waals surface area contributed by atoms with Gasteiger partial charge >= 0.3 is 0 Å². The van der Waals surface area contributed by atoms with Gasteiger partial charge in [0.15, 0.2) is 0 Å². The van der Waals surface area contributed by atoms with Gasteiger partial charge in [-0.15, -0.1) is 0 Å². The summed E-state index contributed by atoms with van der Waals surface area (Å²) in [7, 11) is 2.04. The summed E-state index contributed by atoms with van der Waals surface area (Å²) in [5, 5.41) is 3.44. The minimum absolute atomic E-state index is 0.220. The molecule has 1 saturated heterocycles. The van der Waals surface area contributed by atoms with E-state index in [-0.39, 0.29) is 5.41 Å². The van der Waals surface area contributed by atoms with Gasteiger partial charge in [-0.3, -0.25) is 4.90 Å². The molecule has 0 aliphatic carbocycles. The van der Waals surface area contributed by atoms with E-state index in [0.29, 0.717) is 6.04 Å². The molecule has 0 amide bonds. The molecule has 0 radical (unpaired) electrons. The van der Waals surface area contributed by atoms with Crippen molar-refractivity contribution in [1.82, 2.24) is 10.2 Å². The Balaban J connectivity index is 2.03. The number of nitrogens with zero attached hydrogens (tertiary/aromatic N) is 1. The monoisotopic (exact) mass is 276 g/mol. The summed E-state index contributed by atoms with van der Waals surface area (Å²) < 4.78 is 5.41. The standard InChI is InChI=1S/C17H28N2O/c1-17(2,3)15-7-5-14(6-8-15)16(18-4)13-19-9-11-20-12-10-19/h5-8,16,18H,9-13H2,1-4H3. The minimum Gasteiger partial charge on any atom is -0.379 e. The predicted octanol–water partition coefficient (Wildman–Crippen LogP) is 2.58. The second-order valence-electron chi connectivity index (χ2n) is 6.63. The molecule has 1 aliphatic rings. The summed E-state index contributed by atoms with van der Waals surface area (Å²) in [6.45, 7) is 11.6. The molecular formula is C17H28N2O. The average Bonchev–Trinajstić information content (AvgIpc) is 2.45. The van der Waals surface area contributed by atoms with Gasteiger partial charge in [0.05, 0.1) is 13.2 Å². The summed E-state index contributed by atoms with van der Waals surface area (Å²) in [5.74, 6) is 0. The van der Waals surface area contributed by atoms with Crippen LogP contribution in [0.3, 0.4) is 0 Å². The van der Waals surface area contributed by atoms with E-state index in [1.165, 1.54) is 11.1 Å². The molecule has 1 heterocycles. The molecule has 1 aromatic rings. The van der Waals surface area contributed by atoms with Gasteiger partial charge < -0.3 is 10.1 Å². The third kappa shape index (κ3) is 4.05. The quantitative estimate of drug-likeness (QED) is 0.915. The van der Waals surface area contributed by atoms with E-state index in [0.717, 1.165) is 32.8 Å². The SMILES string of the molecule is CNC(CN1CCOCC1)c1ccc(C(C)(C)C)cc1. The van der Waals surface area contributed by atoms with Crippen molar-refractivity contribution < 1.29 is 4.74 Å². The third-order valence-corrected chi connectivity index (χ3v) is 4.07. The Kier molecular flexibility index (Phi) is 5.19. The summed E-state index contributed by atoms with van der Waals surface area (Å²) in [6, 6.07) is 9.45. The number of hydrogen-bond donors (Lipinski definition) is 1. The highest BCUT2D eigenvalue weighted by Gasteiger charge is 2.18. The van der Waals surface area contributed by atoms with Crippen molar-refractivity contribution in [3.63, 3.8) is 0 Å². The molecule has 112 valence electrons. The van der Waals surface area contributed by atoms with Crippen LogP contribution in [0.1, 0.15) is 37.9 Å². The van der Waals surface area contributed by atoms with Gasteiger partial charge in [0, 0.05) is 25.7 Å². The van der Waals surface area contributed by atoms with E-state index >= 15 is 0 Å². The fraction of sp³-hybridized carbons (Fsp3) is 0.647. The molecule has 1 atom stereocenters. The number of hydrogen-bond acceptors (Lipinski definition) is 3. The van der Waals surface area contributed by atoms with Crippen molar-refractivity contribution in [2.24, 2.45) is 0 Å². The maximum atomic E-state index is 5.41. The van der Waals surface area contributed by atoms with Crippen LogP contribution in [0.5, 0.6) is 0 Å². The lowest BCUT2D eigenvalue weighted by atomic mass is 9.86. The van der Waals surface area contributed by atoms with Gasteiger partial charge in [-0.1, -0.05) is 45.0 Å². The molecule has 3 heteroatoms. The molecule has 1 fully saturated rings. The lowest BCUT2D eigenvalue weighted by Gasteiger charge is -2.30. The molecular weight excluding hydrogens is 248 g/mol. The van der Waals surface area contributed by atoms with Gasteiger partial charge in [-0.2, -0.15) is 0 Å². The second kappa shape index (κ2) is 6.70. The van der Waals surface area contributed by atoms with Crippen molar-refractivity contribution in [2.45, 2.75) is 32.2 Å². The van der Waals surface area contributed by atoms with E-state index in [4.69, 9.17) is 4.74 Å². The van der Waals surface area contributed by atoms with E-state index in [9.17, 15) is 0 Å². The van der Waals surface area contributed by atoms with Crippen molar-refractivity contribution in [3.05, 3.63) is 35.4 Å². The molecule has 1 N–H and O–H groups in total. The van der Waals surface area contributed by atoms with Gasteiger partial charge in [-0.25, -0.2) is 0 Å². The van der Waals surface area contributed by atoms with Crippen LogP contribution < -0.4 is 5.32 Å². The first-order chi connectivity index (χ1) is 9.50. The van der Waals surface area contributed by atoms with Crippen LogP contribution in [0.15, 0.2) is 24.3 Å². The zero-order valence-corrected chi connectivity index (χ0v) is 13.3. The molecule has 2 rings (SSSR count). The summed E-state index contributed by atoms with van der Waals surface area (Å²) in [6.07, 6.45) is 0. The van der Waals surface area contributed by atoms with Crippen molar-refractivity contribution in [2.75, 3.05) is 39.9 Å². The number of rotatable bonds is 4. The second-order valence-corrected chi connectivity index (χ2v) is 6.63. The van der Waals surface area contributed by atoms with Crippen LogP contribution in [-0.4, -0.2) is 44.8 Å². The van der Waals surface area contributed by atoms with Gasteiger partial charge in [0.2, 0.25) is 0 Å². The van der Waals surface area contributed by atoms with Gasteiger partial charge in [0.25, 0.3) is 0 Å². The Morgan fingerprint density at radius 2 is 1.75 bits per heavy atom. The number of morpholine rings is 1. The first-order valence-corrected chi connectivity index (χ1v) is 7.58. The van der Waals surface area contributed by atoms with Crippen molar-refractivity contribution in [1.29, 1.82) is 0 Å². The summed E-state index contributed by atoms with van der Waals surface area (Å²) in [4.78, 5) is 2.47. The highest BCUT2D eigenvalue weighted by atomic mass is 16.5. The highest BCUT2D eigenvalue weighted by Crippen LogP contribution is 2.24. The lowest BCUT2D eigenvalue weighted by molar-refractivity contribution is 0.0338. The van der Waals surface area contributed by atoms with Crippen LogP contribution in [0.2, 0.25) is 0 Å². The molecule has 3 nitrogen and oxygen atoms in total. The molecule has 1 unspecified atom stereocenters. The van der Waals surface area contributed by atoms with Crippen LogP contribution in [0.4, 0.5) is 0 Å². The van der Waals surface area contributed by atoms with Crippen molar-refractivity contribution >= 4 is 0 Å². The molecule has 0 saturated carbocycles. The number of benzene rings is 1. The van der Waals surface area contributed by atoms with Gasteiger partial charge in [0.1, 0.15) is 0 Å². The predicted molar refractivity (Wildman–Crippen MR) is 84.2 cm³/mol. The van der Waals surface area contributed by atoms with Crippen molar-refractivity contribution in [3.8, 4) is 0 Å². The van der Waals surface area contributed by atoms with Crippen LogP contribution in [-0.2, 0) is 10.2 Å². The fourth-order valence-electron chi connectivity index (χ4n) is 2.62. The average molecular weight is 276 g/mol. The lowest BCUT2D eigenvalue weighted by Crippen LogP contribution is -2.41. The van der Waals surface area contributed by atoms with Crippen LogP contribution in [0, 0.1) is 0 Å². The van der Waals surface area contributed by atoms with E-state index in [1.807, 2.05) is 7.05 Å². The number of ether oxygens (including phenoxy) is 1. The number of likely N-dealkylation sites (N-methyl/N-ethyl adjacent to an activating group) is 1. The summed E-state index contributed by atoms with van der Waals surface area (Å²) >= 11 is 0. The van der Waals surface area contributed by atoms with E-state index in [2.05, 4.69) is 55.3 Å².